The molecule has 1 heterocycles. The summed E-state index contributed by atoms with van der Waals surface area (Å²) >= 11 is 6.18. The Morgan fingerprint density at radius 2 is 2.17 bits per heavy atom. The van der Waals surface area contributed by atoms with Crippen molar-refractivity contribution in [3.05, 3.63) is 34.5 Å². The SMILES string of the molecule is Cc1[nH]c2cccc(Cl)c2c1C(=O)NCC(C)C. The van der Waals surface area contributed by atoms with E-state index in [2.05, 4.69) is 24.1 Å². The fourth-order valence-electron chi connectivity index (χ4n) is 2.00. The Balaban J connectivity index is 2.43. The average molecular weight is 265 g/mol. The maximum Gasteiger partial charge on any atom is 0.253 e. The Morgan fingerprint density at radius 3 is 2.83 bits per heavy atom. The van der Waals surface area contributed by atoms with E-state index in [1.54, 1.807) is 6.07 Å². The van der Waals surface area contributed by atoms with Crippen LogP contribution in [0.4, 0.5) is 0 Å². The molecular weight excluding hydrogens is 248 g/mol. The number of carbonyl (C=O) groups excluding carboxylic acids is 1. The molecule has 0 aliphatic rings. The van der Waals surface area contributed by atoms with Gasteiger partial charge in [-0.25, -0.2) is 0 Å². The number of hydrogen-bond donors (Lipinski definition) is 2. The van der Waals surface area contributed by atoms with Crippen LogP contribution in [-0.4, -0.2) is 17.4 Å². The van der Waals surface area contributed by atoms with Gasteiger partial charge >= 0.3 is 0 Å². The van der Waals surface area contributed by atoms with Crippen molar-refractivity contribution in [1.29, 1.82) is 0 Å². The number of aromatic amines is 1. The van der Waals surface area contributed by atoms with E-state index in [-0.39, 0.29) is 5.91 Å². The highest BCUT2D eigenvalue weighted by molar-refractivity contribution is 6.37. The molecule has 18 heavy (non-hydrogen) atoms. The van der Waals surface area contributed by atoms with Crippen LogP contribution in [0.3, 0.4) is 0 Å². The number of aryl methyl sites for hydroxylation is 1. The molecule has 0 aliphatic heterocycles. The molecule has 0 fully saturated rings. The fourth-order valence-corrected chi connectivity index (χ4v) is 2.27. The molecule has 2 rings (SSSR count). The smallest absolute Gasteiger partial charge is 0.253 e. The Labute approximate surface area is 112 Å². The van der Waals surface area contributed by atoms with E-state index < -0.39 is 0 Å². The van der Waals surface area contributed by atoms with Crippen LogP contribution >= 0.6 is 11.6 Å². The molecule has 0 saturated carbocycles. The number of benzene rings is 1. The van der Waals surface area contributed by atoms with Crippen LogP contribution < -0.4 is 5.32 Å². The summed E-state index contributed by atoms with van der Waals surface area (Å²) in [5.41, 5.74) is 2.39. The second-order valence-corrected chi connectivity index (χ2v) is 5.30. The number of H-pyrrole nitrogens is 1. The Kier molecular flexibility index (Phi) is 3.62. The van der Waals surface area contributed by atoms with Crippen molar-refractivity contribution in [2.24, 2.45) is 5.92 Å². The first-order chi connectivity index (χ1) is 8.50. The summed E-state index contributed by atoms with van der Waals surface area (Å²) in [6.45, 7) is 6.68. The second kappa shape index (κ2) is 5.02. The number of halogens is 1. The minimum Gasteiger partial charge on any atom is -0.358 e. The van der Waals surface area contributed by atoms with Crippen molar-refractivity contribution < 1.29 is 4.79 Å². The lowest BCUT2D eigenvalue weighted by atomic mass is 10.1. The molecule has 0 spiro atoms. The van der Waals surface area contributed by atoms with E-state index >= 15 is 0 Å². The quantitative estimate of drug-likeness (QED) is 0.875. The van der Waals surface area contributed by atoms with Gasteiger partial charge in [-0.2, -0.15) is 0 Å². The van der Waals surface area contributed by atoms with Crippen LogP contribution in [0.2, 0.25) is 5.02 Å². The second-order valence-electron chi connectivity index (χ2n) is 4.89. The number of amides is 1. The van der Waals surface area contributed by atoms with Gasteiger partial charge < -0.3 is 10.3 Å². The molecule has 0 unspecified atom stereocenters. The number of carbonyl (C=O) groups is 1. The first-order valence-electron chi connectivity index (χ1n) is 6.05. The number of hydrogen-bond acceptors (Lipinski definition) is 1. The number of fused-ring (bicyclic) bond motifs is 1. The first kappa shape index (κ1) is 13.0. The van der Waals surface area contributed by atoms with E-state index in [1.165, 1.54) is 0 Å². The minimum atomic E-state index is -0.0689. The first-order valence-corrected chi connectivity index (χ1v) is 6.43. The van der Waals surface area contributed by atoms with Gasteiger partial charge in [0.2, 0.25) is 0 Å². The molecule has 0 radical (unpaired) electrons. The fraction of sp³-hybridized carbons (Fsp3) is 0.357. The van der Waals surface area contributed by atoms with Gasteiger partial charge in [0.15, 0.2) is 0 Å². The number of aromatic nitrogens is 1. The van der Waals surface area contributed by atoms with Crippen LogP contribution in [0.5, 0.6) is 0 Å². The van der Waals surface area contributed by atoms with Crippen molar-refractivity contribution in [1.82, 2.24) is 10.3 Å². The Hall–Kier alpha value is -1.48. The van der Waals surface area contributed by atoms with Gasteiger partial charge in [0.1, 0.15) is 0 Å². The van der Waals surface area contributed by atoms with Gasteiger partial charge in [-0.1, -0.05) is 31.5 Å². The largest absolute Gasteiger partial charge is 0.358 e. The van der Waals surface area contributed by atoms with Crippen LogP contribution in [0.1, 0.15) is 29.9 Å². The van der Waals surface area contributed by atoms with E-state index in [4.69, 9.17) is 11.6 Å². The van der Waals surface area contributed by atoms with Gasteiger partial charge in [-0.05, 0) is 25.0 Å². The highest BCUT2D eigenvalue weighted by atomic mass is 35.5. The third kappa shape index (κ3) is 2.36. The van der Waals surface area contributed by atoms with Gasteiger partial charge in [0.25, 0.3) is 5.91 Å². The summed E-state index contributed by atoms with van der Waals surface area (Å²) in [5.74, 6) is 0.357. The van der Waals surface area contributed by atoms with Crippen LogP contribution in [0.15, 0.2) is 18.2 Å². The molecule has 1 aromatic heterocycles. The van der Waals surface area contributed by atoms with Gasteiger partial charge in [-0.15, -0.1) is 0 Å². The molecule has 4 heteroatoms. The highest BCUT2D eigenvalue weighted by Crippen LogP contribution is 2.28. The topological polar surface area (TPSA) is 44.9 Å². The van der Waals surface area contributed by atoms with Crippen molar-refractivity contribution in [3.63, 3.8) is 0 Å². The highest BCUT2D eigenvalue weighted by Gasteiger charge is 2.17. The number of nitrogens with one attached hydrogen (secondary N) is 2. The normalized spacial score (nSPS) is 11.2. The molecule has 96 valence electrons. The van der Waals surface area contributed by atoms with Crippen LogP contribution in [0.25, 0.3) is 10.9 Å². The summed E-state index contributed by atoms with van der Waals surface area (Å²) in [6.07, 6.45) is 0. The van der Waals surface area contributed by atoms with Gasteiger partial charge in [0.05, 0.1) is 10.6 Å². The monoisotopic (exact) mass is 264 g/mol. The molecule has 1 amide bonds. The summed E-state index contributed by atoms with van der Waals surface area (Å²) in [4.78, 5) is 15.4. The van der Waals surface area contributed by atoms with E-state index in [0.717, 1.165) is 16.6 Å². The lowest BCUT2D eigenvalue weighted by Crippen LogP contribution is -2.27. The predicted molar refractivity (Wildman–Crippen MR) is 75.2 cm³/mol. The summed E-state index contributed by atoms with van der Waals surface area (Å²) in [5, 5.41) is 4.33. The van der Waals surface area contributed by atoms with Gasteiger partial charge in [0, 0.05) is 23.1 Å². The van der Waals surface area contributed by atoms with E-state index in [1.807, 2.05) is 19.1 Å². The van der Waals surface area contributed by atoms with Gasteiger partial charge in [-0.3, -0.25) is 4.79 Å². The van der Waals surface area contributed by atoms with E-state index in [0.29, 0.717) is 23.0 Å². The zero-order valence-corrected chi connectivity index (χ0v) is 11.6. The van der Waals surface area contributed by atoms with Crippen molar-refractivity contribution in [2.75, 3.05) is 6.54 Å². The molecule has 2 aromatic rings. The van der Waals surface area contributed by atoms with Crippen LogP contribution in [-0.2, 0) is 0 Å². The van der Waals surface area contributed by atoms with Crippen LogP contribution in [0, 0.1) is 12.8 Å². The lowest BCUT2D eigenvalue weighted by Gasteiger charge is -2.08. The zero-order chi connectivity index (χ0) is 13.3. The summed E-state index contributed by atoms with van der Waals surface area (Å²) in [6, 6.07) is 5.60. The molecule has 1 aromatic carbocycles. The Morgan fingerprint density at radius 1 is 1.44 bits per heavy atom. The molecule has 0 aliphatic carbocycles. The summed E-state index contributed by atoms with van der Waals surface area (Å²) < 4.78 is 0. The van der Waals surface area contributed by atoms with Crippen molar-refractivity contribution in [2.45, 2.75) is 20.8 Å². The molecule has 0 bridgehead atoms. The van der Waals surface area contributed by atoms with Crippen molar-refractivity contribution >= 4 is 28.4 Å². The number of rotatable bonds is 3. The standard InChI is InChI=1S/C14H17ClN2O/c1-8(2)7-16-14(18)12-9(3)17-11-6-4-5-10(15)13(11)12/h4-6,8,17H,7H2,1-3H3,(H,16,18). The zero-order valence-electron chi connectivity index (χ0n) is 10.8. The third-order valence-corrected chi connectivity index (χ3v) is 3.17. The average Bonchev–Trinajstić information content (AvgIpc) is 2.63. The molecule has 0 atom stereocenters. The maximum atomic E-state index is 12.2. The predicted octanol–water partition coefficient (Wildman–Crippen LogP) is 3.52. The van der Waals surface area contributed by atoms with E-state index in [9.17, 15) is 4.79 Å². The maximum absolute atomic E-state index is 12.2. The minimum absolute atomic E-state index is 0.0689. The van der Waals surface area contributed by atoms with Crippen molar-refractivity contribution in [3.8, 4) is 0 Å². The summed E-state index contributed by atoms with van der Waals surface area (Å²) in [7, 11) is 0. The molecule has 2 N–H and O–H groups in total. The molecule has 0 saturated heterocycles. The molecular formula is C14H17ClN2O. The third-order valence-electron chi connectivity index (χ3n) is 2.86. The Bertz CT molecular complexity index is 587. The lowest BCUT2D eigenvalue weighted by molar-refractivity contribution is 0.0950. The molecule has 3 nitrogen and oxygen atoms in total.